The summed E-state index contributed by atoms with van der Waals surface area (Å²) in [5.74, 6) is 0.680. The third-order valence-electron chi connectivity index (χ3n) is 7.87. The van der Waals surface area contributed by atoms with Gasteiger partial charge in [0.2, 0.25) is 5.91 Å². The van der Waals surface area contributed by atoms with E-state index in [1.54, 1.807) is 0 Å². The van der Waals surface area contributed by atoms with Crippen LogP contribution in [0.4, 0.5) is 5.69 Å². The smallest absolute Gasteiger partial charge is 0.230 e. The van der Waals surface area contributed by atoms with Crippen LogP contribution < -0.4 is 4.90 Å². The number of carbonyl (C=O) groups is 1. The summed E-state index contributed by atoms with van der Waals surface area (Å²) in [7, 11) is 0. The molecule has 5 rings (SSSR count). The number of para-hydroxylation sites is 1. The van der Waals surface area contributed by atoms with Crippen molar-refractivity contribution in [2.75, 3.05) is 24.5 Å². The van der Waals surface area contributed by atoms with Crippen LogP contribution in [0.15, 0.2) is 24.3 Å². The van der Waals surface area contributed by atoms with Crippen molar-refractivity contribution in [3.63, 3.8) is 0 Å². The summed E-state index contributed by atoms with van der Waals surface area (Å²) in [6.07, 6.45) is 14.1. The third kappa shape index (κ3) is 3.33. The van der Waals surface area contributed by atoms with Crippen molar-refractivity contribution >= 4 is 11.6 Å². The number of benzene rings is 1. The van der Waals surface area contributed by atoms with Crippen LogP contribution in [-0.4, -0.2) is 36.5 Å². The van der Waals surface area contributed by atoms with E-state index in [9.17, 15) is 4.79 Å². The fourth-order valence-electron chi connectivity index (χ4n) is 6.39. The summed E-state index contributed by atoms with van der Waals surface area (Å²) in [5, 5.41) is 0. The molecule has 3 nitrogen and oxygen atoms in total. The van der Waals surface area contributed by atoms with Crippen molar-refractivity contribution in [2.45, 2.75) is 76.7 Å². The van der Waals surface area contributed by atoms with Gasteiger partial charge in [0.05, 0.1) is 0 Å². The zero-order valence-corrected chi connectivity index (χ0v) is 16.7. The van der Waals surface area contributed by atoms with Gasteiger partial charge in [-0.25, -0.2) is 0 Å². The molecular formula is C24H34N2O. The largest absolute Gasteiger partial charge is 0.311 e. The lowest BCUT2D eigenvalue weighted by Crippen LogP contribution is -2.50. The van der Waals surface area contributed by atoms with E-state index in [1.807, 2.05) is 0 Å². The van der Waals surface area contributed by atoms with Crippen LogP contribution in [0.25, 0.3) is 0 Å². The van der Waals surface area contributed by atoms with Crippen molar-refractivity contribution < 1.29 is 4.79 Å². The Morgan fingerprint density at radius 2 is 1.67 bits per heavy atom. The highest BCUT2D eigenvalue weighted by atomic mass is 16.2. The molecule has 2 saturated carbocycles. The second-order valence-electron chi connectivity index (χ2n) is 9.72. The summed E-state index contributed by atoms with van der Waals surface area (Å²) >= 11 is 0. The van der Waals surface area contributed by atoms with Crippen molar-refractivity contribution in [1.82, 2.24) is 4.90 Å². The van der Waals surface area contributed by atoms with Gasteiger partial charge in [-0.05, 0) is 56.7 Å². The summed E-state index contributed by atoms with van der Waals surface area (Å²) in [5.41, 5.74) is 2.89. The lowest BCUT2D eigenvalue weighted by Gasteiger charge is -2.43. The van der Waals surface area contributed by atoms with Crippen LogP contribution in [0.3, 0.4) is 0 Å². The Labute approximate surface area is 164 Å². The number of rotatable bonds is 2. The summed E-state index contributed by atoms with van der Waals surface area (Å²) in [6.45, 7) is 3.38. The Hall–Kier alpha value is -1.35. The van der Waals surface area contributed by atoms with Crippen LogP contribution in [0.2, 0.25) is 0 Å². The fourth-order valence-corrected chi connectivity index (χ4v) is 6.39. The predicted octanol–water partition coefficient (Wildman–Crippen LogP) is 4.79. The molecule has 1 spiro atoms. The minimum Gasteiger partial charge on any atom is -0.311 e. The molecule has 27 heavy (non-hydrogen) atoms. The van der Waals surface area contributed by atoms with Gasteiger partial charge < -0.3 is 4.90 Å². The molecule has 146 valence electrons. The molecule has 3 fully saturated rings. The van der Waals surface area contributed by atoms with E-state index >= 15 is 0 Å². The first kappa shape index (κ1) is 17.7. The van der Waals surface area contributed by atoms with Crippen molar-refractivity contribution in [3.05, 3.63) is 29.8 Å². The normalized spacial score (nSPS) is 30.1. The standard InChI is InChI=1S/C24H34N2O/c27-23(19-8-4-5-9-19)26-18-24(16-20-10-6-7-13-22(20)26)14-15-25(17-24)21-11-2-1-3-12-21/h6-7,10,13,19,21H,1-5,8-9,11-12,14-18H2. The molecule has 1 saturated heterocycles. The van der Waals surface area contributed by atoms with E-state index in [1.165, 1.54) is 75.7 Å². The van der Waals surface area contributed by atoms with Gasteiger partial charge in [-0.2, -0.15) is 0 Å². The minimum absolute atomic E-state index is 0.268. The van der Waals surface area contributed by atoms with Crippen LogP contribution in [0, 0.1) is 11.3 Å². The molecule has 1 aromatic rings. The highest BCUT2D eigenvalue weighted by molar-refractivity contribution is 5.96. The quantitative estimate of drug-likeness (QED) is 0.751. The maximum atomic E-state index is 13.4. The number of anilines is 1. The maximum absolute atomic E-state index is 13.4. The molecule has 2 aliphatic heterocycles. The molecule has 2 heterocycles. The number of amides is 1. The average Bonchev–Trinajstić information content (AvgIpc) is 3.38. The van der Waals surface area contributed by atoms with Crippen molar-refractivity contribution in [2.24, 2.45) is 11.3 Å². The Kier molecular flexibility index (Phi) is 4.75. The van der Waals surface area contributed by atoms with Gasteiger partial charge in [-0.3, -0.25) is 9.69 Å². The Morgan fingerprint density at radius 1 is 0.926 bits per heavy atom. The summed E-state index contributed by atoms with van der Waals surface area (Å²) in [6, 6.07) is 9.52. The molecule has 2 aliphatic carbocycles. The summed E-state index contributed by atoms with van der Waals surface area (Å²) in [4.78, 5) is 18.4. The summed E-state index contributed by atoms with van der Waals surface area (Å²) < 4.78 is 0. The molecule has 1 amide bonds. The Balaban J connectivity index is 1.39. The zero-order valence-electron chi connectivity index (χ0n) is 16.7. The zero-order chi connectivity index (χ0) is 18.3. The van der Waals surface area contributed by atoms with Crippen molar-refractivity contribution in [1.29, 1.82) is 0 Å². The average molecular weight is 367 g/mol. The molecule has 0 aromatic heterocycles. The first-order chi connectivity index (χ1) is 13.2. The van der Waals surface area contributed by atoms with E-state index < -0.39 is 0 Å². The van der Waals surface area contributed by atoms with Crippen molar-refractivity contribution in [3.8, 4) is 0 Å². The minimum atomic E-state index is 0.268. The second-order valence-corrected chi connectivity index (χ2v) is 9.72. The number of hydrogen-bond acceptors (Lipinski definition) is 2. The lowest BCUT2D eigenvalue weighted by molar-refractivity contribution is -0.122. The molecule has 0 N–H and O–H groups in total. The highest BCUT2D eigenvalue weighted by Gasteiger charge is 2.46. The van der Waals surface area contributed by atoms with E-state index in [4.69, 9.17) is 0 Å². The molecule has 1 aromatic carbocycles. The highest BCUT2D eigenvalue weighted by Crippen LogP contribution is 2.45. The van der Waals surface area contributed by atoms with E-state index in [2.05, 4.69) is 34.1 Å². The monoisotopic (exact) mass is 366 g/mol. The van der Waals surface area contributed by atoms with E-state index in [0.717, 1.165) is 31.8 Å². The third-order valence-corrected chi connectivity index (χ3v) is 7.87. The number of nitrogens with zero attached hydrogens (tertiary/aromatic N) is 2. The molecule has 4 aliphatic rings. The van der Waals surface area contributed by atoms with Gasteiger partial charge in [0.15, 0.2) is 0 Å². The first-order valence-corrected chi connectivity index (χ1v) is 11.4. The number of likely N-dealkylation sites (tertiary alicyclic amines) is 1. The van der Waals surface area contributed by atoms with Crippen LogP contribution in [-0.2, 0) is 11.2 Å². The fraction of sp³-hybridized carbons (Fsp3) is 0.708. The number of carbonyl (C=O) groups excluding carboxylic acids is 1. The SMILES string of the molecule is O=C(C1CCCC1)N1CC2(CCN(C3CCCCC3)C2)Cc2ccccc21. The topological polar surface area (TPSA) is 23.6 Å². The van der Waals surface area contributed by atoms with Crippen LogP contribution in [0.1, 0.15) is 69.8 Å². The van der Waals surface area contributed by atoms with Gasteiger partial charge in [0.25, 0.3) is 0 Å². The lowest BCUT2D eigenvalue weighted by atomic mass is 9.76. The Bertz CT molecular complexity index is 689. The molecular weight excluding hydrogens is 332 g/mol. The molecule has 0 bridgehead atoms. The molecule has 1 atom stereocenters. The van der Waals surface area contributed by atoms with Gasteiger partial charge in [-0.1, -0.05) is 50.3 Å². The first-order valence-electron chi connectivity index (χ1n) is 11.4. The van der Waals surface area contributed by atoms with Gasteiger partial charge in [-0.15, -0.1) is 0 Å². The molecule has 0 radical (unpaired) electrons. The van der Waals surface area contributed by atoms with E-state index in [-0.39, 0.29) is 11.3 Å². The predicted molar refractivity (Wildman–Crippen MR) is 110 cm³/mol. The van der Waals surface area contributed by atoms with Gasteiger partial charge in [0.1, 0.15) is 0 Å². The van der Waals surface area contributed by atoms with Gasteiger partial charge in [0, 0.05) is 36.2 Å². The second kappa shape index (κ2) is 7.24. The van der Waals surface area contributed by atoms with Crippen LogP contribution in [0.5, 0.6) is 0 Å². The maximum Gasteiger partial charge on any atom is 0.230 e. The number of fused-ring (bicyclic) bond motifs is 1. The van der Waals surface area contributed by atoms with E-state index in [0.29, 0.717) is 5.91 Å². The van der Waals surface area contributed by atoms with Gasteiger partial charge >= 0.3 is 0 Å². The Morgan fingerprint density at radius 3 is 2.48 bits per heavy atom. The molecule has 1 unspecified atom stereocenters. The number of hydrogen-bond donors (Lipinski definition) is 0. The van der Waals surface area contributed by atoms with Crippen LogP contribution >= 0.6 is 0 Å². The molecule has 3 heteroatoms.